The molecule has 92 valence electrons. The molecule has 18 heavy (non-hydrogen) atoms. The number of anilines is 1. The van der Waals surface area contributed by atoms with Crippen molar-refractivity contribution in [3.05, 3.63) is 41.0 Å². The van der Waals surface area contributed by atoms with Gasteiger partial charge in [-0.25, -0.2) is 0 Å². The van der Waals surface area contributed by atoms with E-state index in [-0.39, 0.29) is 0 Å². The van der Waals surface area contributed by atoms with Crippen molar-refractivity contribution in [3.8, 4) is 11.3 Å². The highest BCUT2D eigenvalue weighted by molar-refractivity contribution is 5.74. The Kier molecular flexibility index (Phi) is 2.74. The molecule has 0 spiro atoms. The summed E-state index contributed by atoms with van der Waals surface area (Å²) in [5.41, 5.74) is 6.22. The second kappa shape index (κ2) is 4.41. The van der Waals surface area contributed by atoms with Gasteiger partial charge in [0.1, 0.15) is 5.82 Å². The van der Waals surface area contributed by atoms with E-state index in [1.165, 1.54) is 22.3 Å². The van der Waals surface area contributed by atoms with Crippen LogP contribution in [0.2, 0.25) is 0 Å². The average Bonchev–Trinajstić information content (AvgIpc) is 2.73. The smallest absolute Gasteiger partial charge is 0.148 e. The van der Waals surface area contributed by atoms with Crippen LogP contribution in [0.3, 0.4) is 0 Å². The van der Waals surface area contributed by atoms with Crippen molar-refractivity contribution in [2.45, 2.75) is 26.7 Å². The first-order valence-corrected chi connectivity index (χ1v) is 6.48. The molecular formula is C15H17N3. The summed E-state index contributed by atoms with van der Waals surface area (Å²) >= 11 is 0. The molecule has 3 nitrogen and oxygen atoms in total. The Hall–Kier alpha value is -1.90. The highest BCUT2D eigenvalue weighted by atomic mass is 15.2. The number of fused-ring (bicyclic) bond motifs is 3. The van der Waals surface area contributed by atoms with Gasteiger partial charge in [-0.1, -0.05) is 24.6 Å². The number of benzene rings is 1. The summed E-state index contributed by atoms with van der Waals surface area (Å²) in [5, 5.41) is 11.9. The van der Waals surface area contributed by atoms with Crippen molar-refractivity contribution in [1.29, 1.82) is 0 Å². The zero-order valence-corrected chi connectivity index (χ0v) is 10.8. The first kappa shape index (κ1) is 11.2. The fraction of sp³-hybridized carbons (Fsp3) is 0.333. The van der Waals surface area contributed by atoms with Gasteiger partial charge in [0, 0.05) is 18.5 Å². The number of nitrogens with one attached hydrogen (secondary N) is 1. The van der Waals surface area contributed by atoms with Crippen LogP contribution in [0.15, 0.2) is 24.3 Å². The van der Waals surface area contributed by atoms with Crippen LogP contribution < -0.4 is 5.32 Å². The van der Waals surface area contributed by atoms with Crippen molar-refractivity contribution in [2.75, 3.05) is 11.9 Å². The lowest BCUT2D eigenvalue weighted by atomic mass is 10.1. The number of aromatic nitrogens is 2. The molecule has 0 saturated heterocycles. The Morgan fingerprint density at radius 2 is 2.06 bits per heavy atom. The second-order valence-electron chi connectivity index (χ2n) is 4.87. The van der Waals surface area contributed by atoms with Gasteiger partial charge < -0.3 is 5.32 Å². The van der Waals surface area contributed by atoms with Crippen LogP contribution in [0, 0.1) is 6.92 Å². The number of nitrogens with zero attached hydrogens (tertiary/aromatic N) is 2. The Bertz CT molecular complexity index is 590. The summed E-state index contributed by atoms with van der Waals surface area (Å²) in [7, 11) is 0. The SMILES string of the molecule is CCCNc1cc2c(nn1)-c1cc(C)ccc1C2. The van der Waals surface area contributed by atoms with Crippen LogP contribution in [0.5, 0.6) is 0 Å². The van der Waals surface area contributed by atoms with Crippen LogP contribution in [-0.2, 0) is 6.42 Å². The lowest BCUT2D eigenvalue weighted by Gasteiger charge is -2.05. The van der Waals surface area contributed by atoms with Crippen LogP contribution in [0.1, 0.15) is 30.0 Å². The van der Waals surface area contributed by atoms with E-state index >= 15 is 0 Å². The quantitative estimate of drug-likeness (QED) is 0.762. The maximum absolute atomic E-state index is 4.38. The Balaban J connectivity index is 1.97. The van der Waals surface area contributed by atoms with Crippen LogP contribution in [-0.4, -0.2) is 16.7 Å². The molecular weight excluding hydrogens is 222 g/mol. The van der Waals surface area contributed by atoms with E-state index in [9.17, 15) is 0 Å². The number of aryl methyl sites for hydroxylation is 1. The number of rotatable bonds is 3. The summed E-state index contributed by atoms with van der Waals surface area (Å²) in [6.45, 7) is 5.20. The third kappa shape index (κ3) is 1.86. The lowest BCUT2D eigenvalue weighted by Crippen LogP contribution is -2.03. The second-order valence-corrected chi connectivity index (χ2v) is 4.87. The van der Waals surface area contributed by atoms with Gasteiger partial charge in [-0.3, -0.25) is 0 Å². The topological polar surface area (TPSA) is 37.8 Å². The van der Waals surface area contributed by atoms with Gasteiger partial charge in [0.2, 0.25) is 0 Å². The van der Waals surface area contributed by atoms with Crippen LogP contribution >= 0.6 is 0 Å². The number of hydrogen-bond donors (Lipinski definition) is 1. The van der Waals surface area contributed by atoms with Gasteiger partial charge in [0.15, 0.2) is 0 Å². The standard InChI is InChI=1S/C15H17N3/c1-3-6-16-14-9-12-8-11-5-4-10(2)7-13(11)15(12)18-17-14/h4-5,7,9H,3,6,8H2,1-2H3,(H,16,17). The van der Waals surface area contributed by atoms with Crippen molar-refractivity contribution in [1.82, 2.24) is 10.2 Å². The van der Waals surface area contributed by atoms with Crippen molar-refractivity contribution < 1.29 is 0 Å². The van der Waals surface area contributed by atoms with Gasteiger partial charge in [-0.2, -0.15) is 0 Å². The molecule has 0 amide bonds. The minimum atomic E-state index is 0.889. The van der Waals surface area contributed by atoms with E-state index in [2.05, 4.69) is 53.6 Å². The molecule has 0 radical (unpaired) electrons. The average molecular weight is 239 g/mol. The van der Waals surface area contributed by atoms with Gasteiger partial charge in [-0.15, -0.1) is 10.2 Å². The summed E-state index contributed by atoms with van der Waals surface area (Å²) in [4.78, 5) is 0. The van der Waals surface area contributed by atoms with E-state index in [0.717, 1.165) is 30.9 Å². The maximum atomic E-state index is 4.38. The summed E-state index contributed by atoms with van der Waals surface area (Å²) in [6.07, 6.45) is 2.07. The maximum Gasteiger partial charge on any atom is 0.148 e. The fourth-order valence-electron chi connectivity index (χ4n) is 2.40. The summed E-state index contributed by atoms with van der Waals surface area (Å²) in [6, 6.07) is 8.70. The van der Waals surface area contributed by atoms with Crippen LogP contribution in [0.25, 0.3) is 11.3 Å². The summed E-state index contributed by atoms with van der Waals surface area (Å²) < 4.78 is 0. The monoisotopic (exact) mass is 239 g/mol. The lowest BCUT2D eigenvalue weighted by molar-refractivity contribution is 0.942. The zero-order chi connectivity index (χ0) is 12.5. The van der Waals surface area contributed by atoms with Crippen LogP contribution in [0.4, 0.5) is 5.82 Å². The molecule has 0 bridgehead atoms. The van der Waals surface area contributed by atoms with E-state index in [0.29, 0.717) is 0 Å². The molecule has 1 heterocycles. The van der Waals surface area contributed by atoms with E-state index in [1.807, 2.05) is 0 Å². The van der Waals surface area contributed by atoms with E-state index in [1.54, 1.807) is 0 Å². The molecule has 0 atom stereocenters. The Morgan fingerprint density at radius 3 is 2.89 bits per heavy atom. The Labute approximate surface area is 107 Å². The molecule has 2 aromatic rings. The fourth-order valence-corrected chi connectivity index (χ4v) is 2.40. The predicted molar refractivity (Wildman–Crippen MR) is 73.8 cm³/mol. The van der Waals surface area contributed by atoms with E-state index < -0.39 is 0 Å². The highest BCUT2D eigenvalue weighted by Gasteiger charge is 2.20. The molecule has 3 heteroatoms. The minimum absolute atomic E-state index is 0.889. The van der Waals surface area contributed by atoms with Crippen molar-refractivity contribution in [2.24, 2.45) is 0 Å². The largest absolute Gasteiger partial charge is 0.369 e. The van der Waals surface area contributed by atoms with Gasteiger partial charge in [0.05, 0.1) is 5.69 Å². The highest BCUT2D eigenvalue weighted by Crippen LogP contribution is 2.35. The molecule has 1 aliphatic rings. The molecule has 0 aliphatic heterocycles. The minimum Gasteiger partial charge on any atom is -0.369 e. The normalized spacial score (nSPS) is 12.1. The molecule has 1 aliphatic carbocycles. The van der Waals surface area contributed by atoms with Crippen molar-refractivity contribution >= 4 is 5.82 Å². The summed E-state index contributed by atoms with van der Waals surface area (Å²) in [5.74, 6) is 0.889. The van der Waals surface area contributed by atoms with Gasteiger partial charge in [0.25, 0.3) is 0 Å². The molecule has 1 aromatic heterocycles. The molecule has 1 N–H and O–H groups in total. The molecule has 0 unspecified atom stereocenters. The molecule has 0 saturated carbocycles. The molecule has 3 rings (SSSR count). The molecule has 0 fully saturated rings. The molecule has 1 aromatic carbocycles. The zero-order valence-electron chi connectivity index (χ0n) is 10.8. The number of hydrogen-bond acceptors (Lipinski definition) is 3. The Morgan fingerprint density at radius 1 is 1.17 bits per heavy atom. The first-order chi connectivity index (χ1) is 8.78. The van der Waals surface area contributed by atoms with Crippen molar-refractivity contribution in [3.63, 3.8) is 0 Å². The van der Waals surface area contributed by atoms with Gasteiger partial charge >= 0.3 is 0 Å². The first-order valence-electron chi connectivity index (χ1n) is 6.48. The third-order valence-electron chi connectivity index (χ3n) is 3.33. The predicted octanol–water partition coefficient (Wildman–Crippen LogP) is 3.18. The van der Waals surface area contributed by atoms with E-state index in [4.69, 9.17) is 0 Å². The van der Waals surface area contributed by atoms with Gasteiger partial charge in [-0.05, 0) is 36.6 Å². The third-order valence-corrected chi connectivity index (χ3v) is 3.33.